The fourth-order valence-corrected chi connectivity index (χ4v) is 11.7. The number of fused-ring (bicyclic) bond motifs is 7. The van der Waals surface area contributed by atoms with E-state index in [9.17, 15) is 14.4 Å². The summed E-state index contributed by atoms with van der Waals surface area (Å²) < 4.78 is 0. The molecule has 0 unspecified atom stereocenters. The smallest absolute Gasteiger partial charge is 0.328 e. The van der Waals surface area contributed by atoms with Crippen molar-refractivity contribution in [1.82, 2.24) is 4.90 Å². The minimum absolute atomic E-state index is 0.125. The molecule has 0 bridgehead atoms. The Hall–Kier alpha value is -1.91. The van der Waals surface area contributed by atoms with E-state index in [0.29, 0.717) is 36.1 Å². The van der Waals surface area contributed by atoms with Crippen molar-refractivity contribution < 1.29 is 19.5 Å². The first kappa shape index (κ1) is 27.6. The lowest BCUT2D eigenvalue weighted by Crippen LogP contribution is -2.70. The predicted molar refractivity (Wildman–Crippen MR) is 149 cm³/mol. The molecule has 1 heterocycles. The summed E-state index contributed by atoms with van der Waals surface area (Å²) in [5, 5.41) is 9.05. The van der Waals surface area contributed by atoms with Gasteiger partial charge < -0.3 is 14.8 Å². The van der Waals surface area contributed by atoms with Crippen molar-refractivity contribution in [3.05, 3.63) is 24.3 Å². The maximum absolute atomic E-state index is 13.1. The largest absolute Gasteiger partial charge is 0.478 e. The van der Waals surface area contributed by atoms with Crippen LogP contribution in [-0.4, -0.2) is 40.3 Å². The van der Waals surface area contributed by atoms with Crippen LogP contribution in [0.15, 0.2) is 24.3 Å². The first-order valence-corrected chi connectivity index (χ1v) is 15.0. The molecule has 5 nitrogen and oxygen atoms in total. The molecule has 1 aliphatic heterocycles. The minimum Gasteiger partial charge on any atom is -0.478 e. The molecule has 1 saturated heterocycles. The van der Waals surface area contributed by atoms with Crippen LogP contribution < -0.4 is 0 Å². The second-order valence-corrected chi connectivity index (χ2v) is 15.1. The van der Waals surface area contributed by atoms with Crippen LogP contribution in [0.4, 0.5) is 0 Å². The molecule has 0 radical (unpaired) electrons. The van der Waals surface area contributed by atoms with Crippen LogP contribution in [0.3, 0.4) is 0 Å². The first-order chi connectivity index (χ1) is 17.7. The number of carbonyl (C=O) groups excluding carboxylic acids is 2. The molecular formula is C33H49NO4. The molecule has 0 aromatic carbocycles. The predicted octanol–water partition coefficient (Wildman–Crippen LogP) is 6.67. The van der Waals surface area contributed by atoms with Crippen LogP contribution in [-0.2, 0) is 14.4 Å². The van der Waals surface area contributed by atoms with Gasteiger partial charge in [0, 0.05) is 29.7 Å². The van der Waals surface area contributed by atoms with Crippen molar-refractivity contribution in [2.45, 2.75) is 105 Å². The summed E-state index contributed by atoms with van der Waals surface area (Å²) in [7, 11) is 0. The summed E-state index contributed by atoms with van der Waals surface area (Å²) in [6.07, 6.45) is 13.4. The van der Waals surface area contributed by atoms with E-state index >= 15 is 0 Å². The Bertz CT molecular complexity index is 1080. The van der Waals surface area contributed by atoms with Gasteiger partial charge in [-0.3, -0.25) is 4.79 Å². The molecule has 5 heteroatoms. The number of carboxylic acid groups (broad SMARTS) is 1. The van der Waals surface area contributed by atoms with Crippen molar-refractivity contribution in [1.29, 1.82) is 0 Å². The first-order valence-electron chi connectivity index (χ1n) is 15.0. The van der Waals surface area contributed by atoms with E-state index in [1.165, 1.54) is 30.8 Å². The van der Waals surface area contributed by atoms with Crippen molar-refractivity contribution in [3.63, 3.8) is 0 Å². The number of rotatable bonds is 4. The number of nitrogens with zero attached hydrogens (tertiary/aromatic N) is 1. The SMILES string of the molecule is C=C(C)[C@@H]1CC[C@]2(C=O)CC[C@]3(C)[C@H](CC[C@@H]4[C@@]5(C)CCN(C(=O)/C=C/C(=O)O)C(C)(C)[C@@H]5CC[C@]43C)[C@@H]12. The molecule has 9 atom stereocenters. The van der Waals surface area contributed by atoms with E-state index in [0.717, 1.165) is 51.0 Å². The van der Waals surface area contributed by atoms with Crippen molar-refractivity contribution in [2.75, 3.05) is 6.54 Å². The van der Waals surface area contributed by atoms with Gasteiger partial charge in [-0.25, -0.2) is 4.79 Å². The van der Waals surface area contributed by atoms with Gasteiger partial charge in [0.15, 0.2) is 0 Å². The molecule has 5 fully saturated rings. The summed E-state index contributed by atoms with van der Waals surface area (Å²) in [5.74, 6) is 1.13. The van der Waals surface area contributed by atoms with Crippen LogP contribution in [0.2, 0.25) is 0 Å². The number of carboxylic acids is 1. The lowest BCUT2D eigenvalue weighted by atomic mass is 9.33. The average molecular weight is 524 g/mol. The third-order valence-electron chi connectivity index (χ3n) is 13.7. The second-order valence-electron chi connectivity index (χ2n) is 15.1. The van der Waals surface area contributed by atoms with E-state index in [2.05, 4.69) is 48.1 Å². The van der Waals surface area contributed by atoms with E-state index < -0.39 is 5.97 Å². The van der Waals surface area contributed by atoms with Crippen molar-refractivity contribution in [2.24, 2.45) is 51.2 Å². The summed E-state index contributed by atoms with van der Waals surface area (Å²) in [4.78, 5) is 38.7. The minimum atomic E-state index is -1.08. The Balaban J connectivity index is 1.48. The highest BCUT2D eigenvalue weighted by atomic mass is 16.4. The Morgan fingerprint density at radius 2 is 1.58 bits per heavy atom. The zero-order valence-corrected chi connectivity index (χ0v) is 24.5. The molecule has 4 aliphatic carbocycles. The van der Waals surface area contributed by atoms with Crippen molar-refractivity contribution >= 4 is 18.2 Å². The maximum Gasteiger partial charge on any atom is 0.328 e. The van der Waals surface area contributed by atoms with E-state index in [1.807, 2.05) is 4.90 Å². The van der Waals surface area contributed by atoms with Gasteiger partial charge in [-0.1, -0.05) is 32.9 Å². The molecule has 210 valence electrons. The fourth-order valence-electron chi connectivity index (χ4n) is 11.7. The Labute approximate surface area is 229 Å². The summed E-state index contributed by atoms with van der Waals surface area (Å²) in [6, 6.07) is 0. The summed E-state index contributed by atoms with van der Waals surface area (Å²) in [6.45, 7) is 19.3. The quantitative estimate of drug-likeness (QED) is 0.254. The van der Waals surface area contributed by atoms with Gasteiger partial charge in [0.05, 0.1) is 0 Å². The standard InChI is InChI=1S/C33H49NO4/c1-21(2)22-12-15-33(20-35)17-16-31(6)23(28(22)33)8-9-25-30(5)18-19-34(26(36)10-11-27(37)38)29(3,4)24(30)13-14-32(25,31)7/h10-11,20,22-25,28H,1,8-9,12-19H2,2-7H3,(H,37,38)/b11-10+/t22-,23+,24-,25+,28+,30-,31+,32+,33+/m0/s1. The molecule has 4 saturated carbocycles. The molecule has 0 aromatic rings. The van der Waals surface area contributed by atoms with E-state index in [4.69, 9.17) is 5.11 Å². The second kappa shape index (κ2) is 8.80. The van der Waals surface area contributed by atoms with Gasteiger partial charge in [0.2, 0.25) is 5.91 Å². The number of carbonyl (C=O) groups is 3. The number of allylic oxidation sites excluding steroid dienone is 1. The van der Waals surface area contributed by atoms with Gasteiger partial charge >= 0.3 is 5.97 Å². The van der Waals surface area contributed by atoms with Crippen LogP contribution in [0.25, 0.3) is 0 Å². The number of likely N-dealkylation sites (tertiary alicyclic amines) is 1. The number of amides is 1. The number of piperidine rings is 1. The number of aldehydes is 1. The van der Waals surface area contributed by atoms with Gasteiger partial charge in [-0.05, 0) is 124 Å². The highest BCUT2D eigenvalue weighted by Crippen LogP contribution is 2.76. The highest BCUT2D eigenvalue weighted by Gasteiger charge is 2.71. The molecule has 0 spiro atoms. The van der Waals surface area contributed by atoms with Crippen LogP contribution in [0, 0.1) is 51.2 Å². The Morgan fingerprint density at radius 1 is 0.868 bits per heavy atom. The lowest BCUT2D eigenvalue weighted by Gasteiger charge is -2.73. The third kappa shape index (κ3) is 3.51. The monoisotopic (exact) mass is 523 g/mol. The van der Waals surface area contributed by atoms with Gasteiger partial charge in [0.25, 0.3) is 0 Å². The topological polar surface area (TPSA) is 74.7 Å². The average Bonchev–Trinajstić information content (AvgIpc) is 3.23. The van der Waals surface area contributed by atoms with Gasteiger partial charge in [-0.2, -0.15) is 0 Å². The molecule has 5 rings (SSSR count). The maximum atomic E-state index is 13.1. The molecular weight excluding hydrogens is 474 g/mol. The molecule has 0 aromatic heterocycles. The fraction of sp³-hybridized carbons (Fsp3) is 0.788. The third-order valence-corrected chi connectivity index (χ3v) is 13.7. The van der Waals surface area contributed by atoms with E-state index in [1.54, 1.807) is 0 Å². The summed E-state index contributed by atoms with van der Waals surface area (Å²) in [5.41, 5.74) is 1.29. The number of hydrogen-bond donors (Lipinski definition) is 1. The molecule has 38 heavy (non-hydrogen) atoms. The Kier molecular flexibility index (Phi) is 6.40. The molecule has 1 amide bonds. The van der Waals surface area contributed by atoms with Crippen LogP contribution in [0.1, 0.15) is 99.3 Å². The molecule has 5 aliphatic rings. The zero-order chi connectivity index (χ0) is 27.9. The van der Waals surface area contributed by atoms with Crippen LogP contribution >= 0.6 is 0 Å². The van der Waals surface area contributed by atoms with Gasteiger partial charge in [0.1, 0.15) is 6.29 Å². The van der Waals surface area contributed by atoms with Crippen LogP contribution in [0.5, 0.6) is 0 Å². The molecule has 1 N–H and O–H groups in total. The van der Waals surface area contributed by atoms with E-state index in [-0.39, 0.29) is 33.1 Å². The summed E-state index contributed by atoms with van der Waals surface area (Å²) >= 11 is 0. The number of aliphatic carboxylic acids is 1. The normalized spacial score (nSPS) is 47.4. The van der Waals surface area contributed by atoms with Crippen molar-refractivity contribution in [3.8, 4) is 0 Å². The zero-order valence-electron chi connectivity index (χ0n) is 24.5. The Morgan fingerprint density at radius 3 is 2.21 bits per heavy atom. The van der Waals surface area contributed by atoms with Gasteiger partial charge in [-0.15, -0.1) is 0 Å². The highest BCUT2D eigenvalue weighted by molar-refractivity contribution is 5.94. The lowest BCUT2D eigenvalue weighted by molar-refractivity contribution is -0.238. The number of hydrogen-bond acceptors (Lipinski definition) is 3.